The van der Waals surface area contributed by atoms with Crippen LogP contribution in [-0.4, -0.2) is 20.3 Å². The normalized spacial score (nSPS) is 12.1. The van der Waals surface area contributed by atoms with Crippen molar-refractivity contribution < 1.29 is 4.42 Å². The molecule has 0 spiro atoms. The standard InChI is InChI=1S/C13H20N4O/c1-9-10(7-17(5)16-9)12-11(14-8-18-12)6-15-13(2,3)4/h7-8,15H,6H2,1-5H3. The lowest BCUT2D eigenvalue weighted by molar-refractivity contribution is 0.421. The first-order valence-electron chi connectivity index (χ1n) is 6.05. The van der Waals surface area contributed by atoms with Gasteiger partial charge < -0.3 is 9.73 Å². The van der Waals surface area contributed by atoms with Gasteiger partial charge in [-0.3, -0.25) is 4.68 Å². The fourth-order valence-electron chi connectivity index (χ4n) is 1.79. The van der Waals surface area contributed by atoms with Crippen LogP contribution >= 0.6 is 0 Å². The highest BCUT2D eigenvalue weighted by Crippen LogP contribution is 2.25. The Morgan fingerprint density at radius 3 is 2.67 bits per heavy atom. The lowest BCUT2D eigenvalue weighted by Crippen LogP contribution is -2.35. The van der Waals surface area contributed by atoms with Crippen molar-refractivity contribution in [2.75, 3.05) is 0 Å². The van der Waals surface area contributed by atoms with Crippen LogP contribution in [0.4, 0.5) is 0 Å². The van der Waals surface area contributed by atoms with E-state index >= 15 is 0 Å². The van der Waals surface area contributed by atoms with Gasteiger partial charge >= 0.3 is 0 Å². The van der Waals surface area contributed by atoms with E-state index in [0.717, 1.165) is 22.7 Å². The number of rotatable bonds is 3. The molecule has 2 rings (SSSR count). The Morgan fingerprint density at radius 2 is 2.11 bits per heavy atom. The van der Waals surface area contributed by atoms with Crippen LogP contribution in [0.3, 0.4) is 0 Å². The molecule has 0 amide bonds. The quantitative estimate of drug-likeness (QED) is 0.905. The van der Waals surface area contributed by atoms with E-state index in [9.17, 15) is 0 Å². The minimum absolute atomic E-state index is 0.0558. The van der Waals surface area contributed by atoms with Crippen molar-refractivity contribution in [1.29, 1.82) is 0 Å². The van der Waals surface area contributed by atoms with Gasteiger partial charge in [0, 0.05) is 25.3 Å². The molecule has 2 aromatic heterocycles. The van der Waals surface area contributed by atoms with E-state index in [1.807, 2.05) is 20.2 Å². The highest BCUT2D eigenvalue weighted by Gasteiger charge is 2.17. The minimum atomic E-state index is 0.0558. The van der Waals surface area contributed by atoms with Gasteiger partial charge in [0.1, 0.15) is 5.69 Å². The smallest absolute Gasteiger partial charge is 0.181 e. The van der Waals surface area contributed by atoms with Crippen molar-refractivity contribution >= 4 is 0 Å². The van der Waals surface area contributed by atoms with Crippen molar-refractivity contribution in [3.05, 3.63) is 24.0 Å². The zero-order valence-electron chi connectivity index (χ0n) is 11.6. The third-order valence-electron chi connectivity index (χ3n) is 2.69. The molecule has 98 valence electrons. The third kappa shape index (κ3) is 2.79. The summed E-state index contributed by atoms with van der Waals surface area (Å²) in [5.41, 5.74) is 2.92. The highest BCUT2D eigenvalue weighted by molar-refractivity contribution is 5.61. The van der Waals surface area contributed by atoms with Crippen molar-refractivity contribution in [3.63, 3.8) is 0 Å². The van der Waals surface area contributed by atoms with Crippen molar-refractivity contribution in [2.45, 2.75) is 39.8 Å². The molecular weight excluding hydrogens is 228 g/mol. The molecule has 0 saturated carbocycles. The van der Waals surface area contributed by atoms with Gasteiger partial charge in [-0.25, -0.2) is 4.98 Å². The predicted molar refractivity (Wildman–Crippen MR) is 70.0 cm³/mol. The summed E-state index contributed by atoms with van der Waals surface area (Å²) in [6.45, 7) is 9.04. The van der Waals surface area contributed by atoms with Gasteiger partial charge in [-0.15, -0.1) is 0 Å². The summed E-state index contributed by atoms with van der Waals surface area (Å²) in [5.74, 6) is 0.803. The third-order valence-corrected chi connectivity index (χ3v) is 2.69. The predicted octanol–water partition coefficient (Wildman–Crippen LogP) is 2.27. The molecule has 0 aromatic carbocycles. The zero-order valence-corrected chi connectivity index (χ0v) is 11.6. The van der Waals surface area contributed by atoms with E-state index in [-0.39, 0.29) is 5.54 Å². The molecule has 0 aliphatic heterocycles. The van der Waals surface area contributed by atoms with E-state index < -0.39 is 0 Å². The summed E-state index contributed by atoms with van der Waals surface area (Å²) in [6, 6.07) is 0. The largest absolute Gasteiger partial charge is 0.443 e. The second-order valence-electron chi connectivity index (χ2n) is 5.53. The molecule has 5 heteroatoms. The van der Waals surface area contributed by atoms with Crippen molar-refractivity contribution in [1.82, 2.24) is 20.1 Å². The van der Waals surface area contributed by atoms with Gasteiger partial charge in [0.2, 0.25) is 0 Å². The van der Waals surface area contributed by atoms with E-state index in [4.69, 9.17) is 4.42 Å². The molecule has 18 heavy (non-hydrogen) atoms. The molecule has 5 nitrogen and oxygen atoms in total. The molecule has 0 bridgehead atoms. The van der Waals surface area contributed by atoms with Crippen LogP contribution < -0.4 is 5.32 Å². The van der Waals surface area contributed by atoms with Crippen molar-refractivity contribution in [2.24, 2.45) is 7.05 Å². The Bertz CT molecular complexity index is 533. The molecule has 0 fully saturated rings. The Balaban J connectivity index is 2.25. The molecule has 0 atom stereocenters. The highest BCUT2D eigenvalue weighted by atomic mass is 16.3. The SMILES string of the molecule is Cc1nn(C)cc1-c1ocnc1CNC(C)(C)C. The number of aromatic nitrogens is 3. The Labute approximate surface area is 107 Å². The van der Waals surface area contributed by atoms with Crippen LogP contribution in [0.1, 0.15) is 32.2 Å². The fraction of sp³-hybridized carbons (Fsp3) is 0.538. The Morgan fingerprint density at radius 1 is 1.39 bits per heavy atom. The average molecular weight is 248 g/mol. The van der Waals surface area contributed by atoms with Crippen LogP contribution in [0.5, 0.6) is 0 Å². The first-order chi connectivity index (χ1) is 8.37. The van der Waals surface area contributed by atoms with Crippen LogP contribution in [0, 0.1) is 6.92 Å². The first kappa shape index (κ1) is 12.8. The molecular formula is C13H20N4O. The Kier molecular flexibility index (Phi) is 3.26. The van der Waals surface area contributed by atoms with Crippen LogP contribution in [0.25, 0.3) is 11.3 Å². The summed E-state index contributed by atoms with van der Waals surface area (Å²) >= 11 is 0. The average Bonchev–Trinajstić information content (AvgIpc) is 2.80. The molecule has 1 N–H and O–H groups in total. The van der Waals surface area contributed by atoms with Crippen LogP contribution in [0.15, 0.2) is 17.0 Å². The number of nitrogens with one attached hydrogen (secondary N) is 1. The van der Waals surface area contributed by atoms with E-state index in [1.165, 1.54) is 6.39 Å². The maximum Gasteiger partial charge on any atom is 0.181 e. The van der Waals surface area contributed by atoms with Gasteiger partial charge in [0.15, 0.2) is 12.2 Å². The molecule has 0 unspecified atom stereocenters. The number of aryl methyl sites for hydroxylation is 2. The minimum Gasteiger partial charge on any atom is -0.443 e. The molecule has 0 saturated heterocycles. The van der Waals surface area contributed by atoms with Gasteiger partial charge in [-0.2, -0.15) is 5.10 Å². The van der Waals surface area contributed by atoms with Crippen LogP contribution in [0.2, 0.25) is 0 Å². The van der Waals surface area contributed by atoms with Gasteiger partial charge in [-0.1, -0.05) is 0 Å². The lowest BCUT2D eigenvalue weighted by Gasteiger charge is -2.19. The summed E-state index contributed by atoms with van der Waals surface area (Å²) in [7, 11) is 1.90. The lowest BCUT2D eigenvalue weighted by atomic mass is 10.1. The zero-order chi connectivity index (χ0) is 13.3. The van der Waals surface area contributed by atoms with E-state index in [2.05, 4.69) is 36.2 Å². The second kappa shape index (κ2) is 4.57. The summed E-state index contributed by atoms with van der Waals surface area (Å²) in [6.07, 6.45) is 3.44. The second-order valence-corrected chi connectivity index (χ2v) is 5.53. The van der Waals surface area contributed by atoms with Gasteiger partial charge in [-0.05, 0) is 27.7 Å². The molecule has 2 heterocycles. The number of oxazole rings is 1. The maximum absolute atomic E-state index is 5.51. The van der Waals surface area contributed by atoms with E-state index in [0.29, 0.717) is 6.54 Å². The van der Waals surface area contributed by atoms with Gasteiger partial charge in [0.05, 0.1) is 11.3 Å². The van der Waals surface area contributed by atoms with Crippen LogP contribution in [-0.2, 0) is 13.6 Å². The maximum atomic E-state index is 5.51. The number of hydrogen-bond acceptors (Lipinski definition) is 4. The Hall–Kier alpha value is -1.62. The fourth-order valence-corrected chi connectivity index (χ4v) is 1.79. The number of nitrogens with zero attached hydrogens (tertiary/aromatic N) is 3. The summed E-state index contributed by atoms with van der Waals surface area (Å²) in [4.78, 5) is 4.28. The number of hydrogen-bond donors (Lipinski definition) is 1. The van der Waals surface area contributed by atoms with E-state index in [1.54, 1.807) is 4.68 Å². The summed E-state index contributed by atoms with van der Waals surface area (Å²) < 4.78 is 7.29. The molecule has 0 aliphatic rings. The van der Waals surface area contributed by atoms with Gasteiger partial charge in [0.25, 0.3) is 0 Å². The van der Waals surface area contributed by atoms with Crippen molar-refractivity contribution in [3.8, 4) is 11.3 Å². The first-order valence-corrected chi connectivity index (χ1v) is 6.05. The molecule has 0 aliphatic carbocycles. The topological polar surface area (TPSA) is 55.9 Å². The monoisotopic (exact) mass is 248 g/mol. The summed E-state index contributed by atoms with van der Waals surface area (Å²) in [5, 5.41) is 7.74. The molecule has 0 radical (unpaired) electrons. The molecule has 2 aromatic rings.